The summed E-state index contributed by atoms with van der Waals surface area (Å²) >= 11 is -4.03. The Morgan fingerprint density at radius 1 is 0.630 bits per heavy atom. The zero-order valence-electron chi connectivity index (χ0n) is 27.9. The summed E-state index contributed by atoms with van der Waals surface area (Å²) < 4.78 is 8.75. The molecule has 46 heavy (non-hydrogen) atoms. The van der Waals surface area contributed by atoms with Gasteiger partial charge >= 0.3 is 277 Å². The van der Waals surface area contributed by atoms with Crippen molar-refractivity contribution in [2.75, 3.05) is 7.11 Å². The van der Waals surface area contributed by atoms with Gasteiger partial charge in [-0.25, -0.2) is 0 Å². The number of carbonyl (C=O) groups excluding carboxylic acids is 1. The van der Waals surface area contributed by atoms with E-state index in [1.807, 2.05) is 0 Å². The fraction of sp³-hybridized carbons (Fsp3) is 0.262. The predicted octanol–water partition coefficient (Wildman–Crippen LogP) is 7.71. The van der Waals surface area contributed by atoms with Gasteiger partial charge in [0.15, 0.2) is 0 Å². The first-order chi connectivity index (χ1) is 22.2. The first-order valence-corrected chi connectivity index (χ1v) is 20.9. The summed E-state index contributed by atoms with van der Waals surface area (Å²) in [4.78, 5) is 14.1. The molecule has 0 spiro atoms. The summed E-state index contributed by atoms with van der Waals surface area (Å²) in [6.07, 6.45) is 0. The molecule has 1 fully saturated rings. The van der Waals surface area contributed by atoms with Crippen LogP contribution in [-0.2, 0) is 9.53 Å². The molecule has 2 aliphatic rings. The number of aryl methyl sites for hydroxylation is 6. The van der Waals surface area contributed by atoms with Crippen molar-refractivity contribution in [1.82, 2.24) is 5.32 Å². The van der Waals surface area contributed by atoms with E-state index < -0.39 is 18.1 Å². The third-order valence-electron chi connectivity index (χ3n) is 10.7. The molecule has 0 radical (unpaired) electrons. The van der Waals surface area contributed by atoms with Crippen molar-refractivity contribution in [1.29, 1.82) is 0 Å². The summed E-state index contributed by atoms with van der Waals surface area (Å²) in [5.41, 5.74) is 14.2. The molecule has 0 saturated carbocycles. The molecule has 1 aliphatic carbocycles. The molecule has 5 aromatic carbocycles. The predicted molar refractivity (Wildman–Crippen MR) is 192 cm³/mol. The Labute approximate surface area is 276 Å². The van der Waals surface area contributed by atoms with Crippen molar-refractivity contribution >= 4 is 28.0 Å². The van der Waals surface area contributed by atoms with Crippen molar-refractivity contribution in [3.05, 3.63) is 153 Å². The number of fused-ring (bicyclic) bond motifs is 3. The Hall–Kier alpha value is -3.93. The zero-order chi connectivity index (χ0) is 32.3. The van der Waals surface area contributed by atoms with E-state index in [2.05, 4.69) is 150 Å². The van der Waals surface area contributed by atoms with Crippen LogP contribution in [0.5, 0.6) is 0 Å². The number of carbonyl (C=O) groups is 1. The van der Waals surface area contributed by atoms with Crippen LogP contribution >= 0.6 is 0 Å². The molecule has 0 amide bonds. The van der Waals surface area contributed by atoms with Gasteiger partial charge in [0, 0.05) is 0 Å². The second kappa shape index (κ2) is 11.7. The van der Waals surface area contributed by atoms with Gasteiger partial charge < -0.3 is 0 Å². The van der Waals surface area contributed by atoms with E-state index in [4.69, 9.17) is 4.74 Å². The van der Waals surface area contributed by atoms with Crippen LogP contribution in [0.25, 0.3) is 11.1 Å². The molecule has 4 heteroatoms. The first-order valence-electron chi connectivity index (χ1n) is 16.4. The van der Waals surface area contributed by atoms with Crippen LogP contribution in [0.1, 0.15) is 62.0 Å². The van der Waals surface area contributed by atoms with Crippen molar-refractivity contribution in [2.24, 2.45) is 0 Å². The van der Waals surface area contributed by atoms with E-state index in [1.165, 1.54) is 70.0 Å². The van der Waals surface area contributed by atoms with Crippen molar-refractivity contribution in [3.63, 3.8) is 0 Å². The third kappa shape index (κ3) is 4.54. The van der Waals surface area contributed by atoms with Gasteiger partial charge in [-0.1, -0.05) is 0 Å². The van der Waals surface area contributed by atoms with Crippen LogP contribution in [0.2, 0.25) is 4.75 Å². The van der Waals surface area contributed by atoms with Gasteiger partial charge in [0.2, 0.25) is 0 Å². The number of benzene rings is 5. The molecule has 1 saturated heterocycles. The molecule has 232 valence electrons. The number of rotatable bonds is 5. The van der Waals surface area contributed by atoms with Crippen molar-refractivity contribution < 1.29 is 9.53 Å². The van der Waals surface area contributed by atoms with Gasteiger partial charge in [-0.3, -0.25) is 0 Å². The summed E-state index contributed by atoms with van der Waals surface area (Å²) in [6.45, 7) is 13.5. The SMILES string of the molecule is COC(=O)[C@@H]1N[C@H](c2ccccc2)[CH](C2c3ccccc3-c3ccccc32)[Ge]1([c]1c(C)cc(C)cc1C)[c]1c(C)cc(C)cc1C. The maximum absolute atomic E-state index is 14.5. The van der Waals surface area contributed by atoms with Crippen LogP contribution in [-0.4, -0.2) is 31.2 Å². The van der Waals surface area contributed by atoms with Gasteiger partial charge in [0.05, 0.1) is 0 Å². The van der Waals surface area contributed by atoms with Gasteiger partial charge in [-0.2, -0.15) is 0 Å². The Morgan fingerprint density at radius 2 is 1.07 bits per heavy atom. The normalized spacial score (nSPS) is 19.9. The minimum absolute atomic E-state index is 0.0604. The fourth-order valence-corrected chi connectivity index (χ4v) is 25.2. The second-order valence-corrected chi connectivity index (χ2v) is 22.0. The molecule has 5 aromatic rings. The van der Waals surface area contributed by atoms with E-state index >= 15 is 0 Å². The zero-order valence-corrected chi connectivity index (χ0v) is 30.0. The first kappa shape index (κ1) is 30.7. The summed E-state index contributed by atoms with van der Waals surface area (Å²) in [5, 5.41) is 4.08. The van der Waals surface area contributed by atoms with Gasteiger partial charge in [0.25, 0.3) is 0 Å². The molecule has 0 aromatic heterocycles. The number of esters is 1. The summed E-state index contributed by atoms with van der Waals surface area (Å²) in [5.74, 6) is -0.0540. The van der Waals surface area contributed by atoms with Crippen molar-refractivity contribution in [3.8, 4) is 11.1 Å². The molecule has 1 unspecified atom stereocenters. The van der Waals surface area contributed by atoms with Crippen molar-refractivity contribution in [2.45, 2.75) is 63.1 Å². The topological polar surface area (TPSA) is 38.3 Å². The minimum atomic E-state index is -4.03. The molecular weight excluding hydrogens is 623 g/mol. The van der Waals surface area contributed by atoms with E-state index in [0.717, 1.165) is 0 Å². The number of methoxy groups -OCH3 is 1. The van der Waals surface area contributed by atoms with Gasteiger partial charge in [0.1, 0.15) is 0 Å². The molecule has 1 N–H and O–H groups in total. The number of ether oxygens (including phenoxy) is 1. The van der Waals surface area contributed by atoms with E-state index in [9.17, 15) is 4.79 Å². The Balaban J connectivity index is 1.70. The maximum atomic E-state index is 14.5. The van der Waals surface area contributed by atoms with Crippen LogP contribution in [0, 0.1) is 41.5 Å². The summed E-state index contributed by atoms with van der Waals surface area (Å²) in [7, 11) is 1.56. The average molecular weight is 666 g/mol. The fourth-order valence-electron chi connectivity index (χ4n) is 9.65. The standard InChI is InChI=1S/C42H43GeNO2/c1-25-21-27(3)37(28(4)22-25)43(38-29(5)23-26(2)24-30(38)6)39(40(31-15-9-8-10-16-31)44-41(43)42(45)46-7)36-34-19-13-11-17-32(34)33-18-12-14-20-35(33)36/h8-24,36,39-41,44H,1-7H3/t39?,40-,41+/m1/s1. The molecular formula is C42H43GeNO2. The molecule has 1 heterocycles. The Kier molecular flexibility index (Phi) is 7.81. The van der Waals surface area contributed by atoms with E-state index in [-0.39, 0.29) is 22.7 Å². The Morgan fingerprint density at radius 3 is 1.52 bits per heavy atom. The van der Waals surface area contributed by atoms with Gasteiger partial charge in [-0.05, 0) is 0 Å². The second-order valence-electron chi connectivity index (χ2n) is 13.6. The molecule has 3 atom stereocenters. The van der Waals surface area contributed by atoms with Gasteiger partial charge in [-0.15, -0.1) is 0 Å². The molecule has 0 bridgehead atoms. The summed E-state index contributed by atoms with van der Waals surface area (Å²) in [6, 6.07) is 38.1. The number of nitrogens with one attached hydrogen (secondary N) is 1. The van der Waals surface area contributed by atoms with E-state index in [0.29, 0.717) is 0 Å². The van der Waals surface area contributed by atoms with Crippen LogP contribution < -0.4 is 14.1 Å². The average Bonchev–Trinajstić information content (AvgIpc) is 3.53. The number of hydrogen-bond acceptors (Lipinski definition) is 3. The third-order valence-corrected chi connectivity index (χ3v) is 23.8. The molecule has 7 rings (SSSR count). The monoisotopic (exact) mass is 667 g/mol. The van der Waals surface area contributed by atoms with Crippen LogP contribution in [0.4, 0.5) is 0 Å². The Bertz CT molecular complexity index is 1830. The quantitative estimate of drug-likeness (QED) is 0.154. The van der Waals surface area contributed by atoms with Crippen LogP contribution in [0.15, 0.2) is 103 Å². The molecule has 1 aliphatic heterocycles. The van der Waals surface area contributed by atoms with Crippen LogP contribution in [0.3, 0.4) is 0 Å². The number of hydrogen-bond donors (Lipinski definition) is 1. The van der Waals surface area contributed by atoms with E-state index in [1.54, 1.807) is 7.11 Å². The molecule has 3 nitrogen and oxygen atoms in total.